The van der Waals surface area contributed by atoms with Gasteiger partial charge in [0, 0.05) is 15.7 Å². The molecule has 24 heavy (non-hydrogen) atoms. The fourth-order valence-electron chi connectivity index (χ4n) is 3.36. The van der Waals surface area contributed by atoms with E-state index in [9.17, 15) is 23.1 Å². The van der Waals surface area contributed by atoms with Crippen molar-refractivity contribution in [3.8, 4) is 0 Å². The van der Waals surface area contributed by atoms with Crippen LogP contribution in [-0.4, -0.2) is 33.6 Å². The average Bonchev–Trinajstić information content (AvgIpc) is 2.80. The van der Waals surface area contributed by atoms with Crippen LogP contribution < -0.4 is 0 Å². The van der Waals surface area contributed by atoms with Gasteiger partial charge < -0.3 is 5.11 Å². The zero-order valence-corrected chi connectivity index (χ0v) is 14.4. The van der Waals surface area contributed by atoms with E-state index >= 15 is 0 Å². The zero-order valence-electron chi connectivity index (χ0n) is 12.8. The van der Waals surface area contributed by atoms with E-state index < -0.39 is 23.7 Å². The molecule has 8 heteroatoms. The van der Waals surface area contributed by atoms with Crippen LogP contribution in [0.5, 0.6) is 0 Å². The maximum atomic E-state index is 13.7. The highest BCUT2D eigenvalue weighted by Crippen LogP contribution is 2.49. The number of hydrazone groups is 1. The van der Waals surface area contributed by atoms with Gasteiger partial charge in [0.25, 0.3) is 11.6 Å². The lowest BCUT2D eigenvalue weighted by Crippen LogP contribution is -2.61. The number of alkyl halides is 3. The number of rotatable bonds is 1. The van der Waals surface area contributed by atoms with Crippen LogP contribution in [0.15, 0.2) is 33.8 Å². The van der Waals surface area contributed by atoms with E-state index in [1.165, 1.54) is 12.1 Å². The lowest BCUT2D eigenvalue weighted by atomic mass is 9.76. The molecule has 1 saturated carbocycles. The molecule has 130 valence electrons. The number of carbonyl (C=O) groups excluding carboxylic acids is 1. The van der Waals surface area contributed by atoms with E-state index in [0.29, 0.717) is 17.3 Å². The number of nitrogens with zero attached hydrogens (tertiary/aromatic N) is 2. The van der Waals surface area contributed by atoms with E-state index in [2.05, 4.69) is 21.0 Å². The van der Waals surface area contributed by atoms with Crippen molar-refractivity contribution in [3.05, 3.63) is 34.3 Å². The Bertz CT molecular complexity index is 707. The molecular formula is C16H16BrF3N2O2. The Hall–Kier alpha value is -1.41. The van der Waals surface area contributed by atoms with Crippen LogP contribution >= 0.6 is 15.9 Å². The first-order valence-electron chi connectivity index (χ1n) is 7.61. The summed E-state index contributed by atoms with van der Waals surface area (Å²) in [6.45, 7) is 1.84. The third-order valence-electron chi connectivity index (χ3n) is 4.65. The molecule has 1 N–H and O–H groups in total. The number of hydrogen-bond donors (Lipinski definition) is 1. The van der Waals surface area contributed by atoms with E-state index in [4.69, 9.17) is 0 Å². The zero-order chi connectivity index (χ0) is 17.7. The van der Waals surface area contributed by atoms with Gasteiger partial charge in [-0.25, -0.2) is 0 Å². The van der Waals surface area contributed by atoms with Crippen LogP contribution in [0.4, 0.5) is 13.2 Å². The minimum absolute atomic E-state index is 0.0306. The number of benzene rings is 1. The Labute approximate surface area is 145 Å². The van der Waals surface area contributed by atoms with Crippen LogP contribution in [-0.2, 0) is 0 Å². The minimum atomic E-state index is -5.00. The first-order chi connectivity index (χ1) is 11.1. The first kappa shape index (κ1) is 17.4. The largest absolute Gasteiger partial charge is 0.439 e. The van der Waals surface area contributed by atoms with Gasteiger partial charge in [0.15, 0.2) is 0 Å². The first-order valence-corrected chi connectivity index (χ1v) is 8.40. The Morgan fingerprint density at radius 3 is 2.79 bits per heavy atom. The summed E-state index contributed by atoms with van der Waals surface area (Å²) < 4.78 is 41.7. The second-order valence-corrected chi connectivity index (χ2v) is 7.29. The molecule has 1 amide bonds. The lowest BCUT2D eigenvalue weighted by Gasteiger charge is -2.39. The van der Waals surface area contributed by atoms with E-state index in [1.807, 2.05) is 6.92 Å². The Balaban J connectivity index is 2.05. The maximum Gasteiger partial charge on any atom is 0.439 e. The summed E-state index contributed by atoms with van der Waals surface area (Å²) in [5.41, 5.74) is -3.02. The van der Waals surface area contributed by atoms with Crippen molar-refractivity contribution in [2.24, 2.45) is 16.9 Å². The summed E-state index contributed by atoms with van der Waals surface area (Å²) in [5.74, 6) is -2.15. The van der Waals surface area contributed by atoms with Gasteiger partial charge in [-0.3, -0.25) is 4.79 Å². The summed E-state index contributed by atoms with van der Waals surface area (Å²) in [6, 6.07) is 6.00. The summed E-state index contributed by atoms with van der Waals surface area (Å²) in [5, 5.41) is 14.7. The van der Waals surface area contributed by atoms with Crippen molar-refractivity contribution in [2.45, 2.75) is 38.1 Å². The molecule has 1 fully saturated rings. The molecule has 1 aromatic carbocycles. The van der Waals surface area contributed by atoms with E-state index in [1.54, 1.807) is 12.1 Å². The van der Waals surface area contributed by atoms with Crippen molar-refractivity contribution in [3.63, 3.8) is 0 Å². The van der Waals surface area contributed by atoms with Gasteiger partial charge in [-0.2, -0.15) is 23.3 Å². The van der Waals surface area contributed by atoms with Crippen molar-refractivity contribution >= 4 is 27.5 Å². The monoisotopic (exact) mass is 404 g/mol. The molecular weight excluding hydrogens is 389 g/mol. The molecule has 0 spiro atoms. The minimum Gasteiger partial charge on any atom is -0.362 e. The van der Waals surface area contributed by atoms with E-state index in [-0.39, 0.29) is 28.6 Å². The highest BCUT2D eigenvalue weighted by molar-refractivity contribution is 9.10. The van der Waals surface area contributed by atoms with Crippen molar-refractivity contribution in [2.75, 3.05) is 0 Å². The number of halogens is 4. The van der Waals surface area contributed by atoms with Crippen molar-refractivity contribution in [1.29, 1.82) is 0 Å². The molecule has 3 rings (SSSR count). The van der Waals surface area contributed by atoms with Crippen LogP contribution in [0.3, 0.4) is 0 Å². The second kappa shape index (κ2) is 5.84. The Morgan fingerprint density at radius 1 is 1.46 bits per heavy atom. The van der Waals surface area contributed by atoms with Crippen molar-refractivity contribution in [1.82, 2.24) is 5.01 Å². The topological polar surface area (TPSA) is 52.9 Å². The van der Waals surface area contributed by atoms with Crippen LogP contribution in [0, 0.1) is 11.8 Å². The number of hydrogen-bond acceptors (Lipinski definition) is 3. The standard InChI is InChI=1S/C16H16BrF3N2O2/c1-9-5-6-13-12(7-9)15(24,16(18,19)20)22(21-13)14(23)10-3-2-4-11(17)8-10/h2-4,8-9,12,24H,5-7H2,1H3/t9-,12+,15+/m1/s1. The molecule has 1 aliphatic heterocycles. The maximum absolute atomic E-state index is 13.7. The molecule has 0 aromatic heterocycles. The second-order valence-electron chi connectivity index (χ2n) is 6.37. The summed E-state index contributed by atoms with van der Waals surface area (Å²) in [4.78, 5) is 12.6. The highest BCUT2D eigenvalue weighted by Gasteiger charge is 2.68. The predicted molar refractivity (Wildman–Crippen MR) is 85.3 cm³/mol. The third-order valence-corrected chi connectivity index (χ3v) is 5.15. The normalized spacial score (nSPS) is 30.1. The van der Waals surface area contributed by atoms with Gasteiger partial charge in [-0.15, -0.1) is 0 Å². The molecule has 1 heterocycles. The molecule has 0 radical (unpaired) electrons. The van der Waals surface area contributed by atoms with Crippen molar-refractivity contribution < 1.29 is 23.1 Å². The number of aliphatic hydroxyl groups is 1. The molecule has 2 aliphatic rings. The summed E-state index contributed by atoms with van der Waals surface area (Å²) in [6.07, 6.45) is -3.80. The van der Waals surface area contributed by atoms with Crippen LogP contribution in [0.25, 0.3) is 0 Å². The van der Waals surface area contributed by atoms with Gasteiger partial charge >= 0.3 is 6.18 Å². The highest BCUT2D eigenvalue weighted by atomic mass is 79.9. The van der Waals surface area contributed by atoms with Gasteiger partial charge in [0.1, 0.15) is 0 Å². The molecule has 0 unspecified atom stereocenters. The predicted octanol–water partition coefficient (Wildman–Crippen LogP) is 3.95. The smallest absolute Gasteiger partial charge is 0.362 e. The molecule has 3 atom stereocenters. The number of fused-ring (bicyclic) bond motifs is 1. The summed E-state index contributed by atoms with van der Waals surface area (Å²) in [7, 11) is 0. The fourth-order valence-corrected chi connectivity index (χ4v) is 3.75. The van der Waals surface area contributed by atoms with Crippen LogP contribution in [0.2, 0.25) is 0 Å². The fraction of sp³-hybridized carbons (Fsp3) is 0.500. The quantitative estimate of drug-likeness (QED) is 0.770. The molecule has 0 bridgehead atoms. The Morgan fingerprint density at radius 2 is 2.17 bits per heavy atom. The van der Waals surface area contributed by atoms with Gasteiger partial charge in [-0.1, -0.05) is 28.9 Å². The van der Waals surface area contributed by atoms with E-state index in [0.717, 1.165) is 0 Å². The van der Waals surface area contributed by atoms with Gasteiger partial charge in [0.05, 0.1) is 5.92 Å². The van der Waals surface area contributed by atoms with Gasteiger partial charge in [-0.05, 0) is 43.4 Å². The Kier molecular flexibility index (Phi) is 4.24. The summed E-state index contributed by atoms with van der Waals surface area (Å²) >= 11 is 3.18. The molecule has 1 aromatic rings. The van der Waals surface area contributed by atoms with Crippen LogP contribution in [0.1, 0.15) is 36.5 Å². The average molecular weight is 405 g/mol. The lowest BCUT2D eigenvalue weighted by molar-refractivity contribution is -0.313. The number of carbonyl (C=O) groups is 1. The molecule has 1 aliphatic carbocycles. The SMILES string of the molecule is C[C@@H]1CCC2=NN(C(=O)c3cccc(Br)c3)[C@@](O)(C(F)(F)F)[C@H]2C1. The third kappa shape index (κ3) is 2.65. The number of amides is 1. The molecule has 0 saturated heterocycles. The van der Waals surface area contributed by atoms with Gasteiger partial charge in [0.2, 0.25) is 0 Å². The molecule has 4 nitrogen and oxygen atoms in total.